The lowest BCUT2D eigenvalue weighted by molar-refractivity contribution is 0.618. The predicted molar refractivity (Wildman–Crippen MR) is 68.9 cm³/mol. The third kappa shape index (κ3) is 3.12. The molecule has 16 heavy (non-hydrogen) atoms. The van der Waals surface area contributed by atoms with E-state index in [1.807, 2.05) is 25.2 Å². The van der Waals surface area contributed by atoms with Crippen molar-refractivity contribution in [1.82, 2.24) is 4.98 Å². The molecule has 1 heterocycles. The second-order valence-corrected chi connectivity index (χ2v) is 4.49. The highest BCUT2D eigenvalue weighted by Gasteiger charge is 2.12. The van der Waals surface area contributed by atoms with E-state index in [1.54, 1.807) is 0 Å². The number of nitrogens with one attached hydrogen (secondary N) is 2. The molecule has 0 spiro atoms. The standard InChI is InChI=1S/C13H21N3/c1-14-12-9-6-10-13(16-12)15-11-7-4-2-3-5-8-11/h6,9-11H,2-5,7-8H2,1H3,(H2,14,15,16). The van der Waals surface area contributed by atoms with Gasteiger partial charge in [-0.2, -0.15) is 0 Å². The van der Waals surface area contributed by atoms with Crippen LogP contribution in [-0.2, 0) is 0 Å². The van der Waals surface area contributed by atoms with Gasteiger partial charge in [0.2, 0.25) is 0 Å². The maximum Gasteiger partial charge on any atom is 0.128 e. The number of nitrogens with zero attached hydrogens (tertiary/aromatic N) is 1. The van der Waals surface area contributed by atoms with E-state index in [1.165, 1.54) is 38.5 Å². The maximum atomic E-state index is 4.49. The zero-order chi connectivity index (χ0) is 11.2. The van der Waals surface area contributed by atoms with Gasteiger partial charge in [0.15, 0.2) is 0 Å². The summed E-state index contributed by atoms with van der Waals surface area (Å²) >= 11 is 0. The summed E-state index contributed by atoms with van der Waals surface area (Å²) in [7, 11) is 1.90. The Morgan fingerprint density at radius 2 is 1.75 bits per heavy atom. The van der Waals surface area contributed by atoms with Gasteiger partial charge < -0.3 is 10.6 Å². The lowest BCUT2D eigenvalue weighted by atomic mass is 10.1. The van der Waals surface area contributed by atoms with Crippen molar-refractivity contribution in [2.75, 3.05) is 17.7 Å². The molecule has 1 fully saturated rings. The minimum absolute atomic E-state index is 0.613. The van der Waals surface area contributed by atoms with E-state index in [-0.39, 0.29) is 0 Å². The van der Waals surface area contributed by atoms with Crippen LogP contribution in [0.4, 0.5) is 11.6 Å². The molecule has 1 saturated carbocycles. The molecule has 88 valence electrons. The Kier molecular flexibility index (Phi) is 4.03. The first-order valence-corrected chi connectivity index (χ1v) is 6.30. The molecule has 0 saturated heterocycles. The monoisotopic (exact) mass is 219 g/mol. The third-order valence-corrected chi connectivity index (χ3v) is 3.21. The molecule has 0 bridgehead atoms. The Labute approximate surface area is 97.7 Å². The van der Waals surface area contributed by atoms with E-state index in [2.05, 4.69) is 15.6 Å². The van der Waals surface area contributed by atoms with Gasteiger partial charge in [0.05, 0.1) is 0 Å². The Hall–Kier alpha value is -1.25. The van der Waals surface area contributed by atoms with Crippen molar-refractivity contribution in [2.45, 2.75) is 44.6 Å². The first-order chi connectivity index (χ1) is 7.88. The zero-order valence-electron chi connectivity index (χ0n) is 10.00. The van der Waals surface area contributed by atoms with Gasteiger partial charge >= 0.3 is 0 Å². The Bertz CT molecular complexity index is 317. The van der Waals surface area contributed by atoms with Gasteiger partial charge in [-0.25, -0.2) is 4.98 Å². The van der Waals surface area contributed by atoms with E-state index in [4.69, 9.17) is 0 Å². The molecule has 0 aliphatic heterocycles. The fourth-order valence-corrected chi connectivity index (χ4v) is 2.29. The lowest BCUT2D eigenvalue weighted by Crippen LogP contribution is -2.19. The minimum Gasteiger partial charge on any atom is -0.373 e. The van der Waals surface area contributed by atoms with Crippen LogP contribution < -0.4 is 10.6 Å². The van der Waals surface area contributed by atoms with Crippen LogP contribution in [0.2, 0.25) is 0 Å². The number of hydrogen-bond acceptors (Lipinski definition) is 3. The number of anilines is 2. The Balaban J connectivity index is 1.96. The van der Waals surface area contributed by atoms with Crippen LogP contribution in [-0.4, -0.2) is 18.1 Å². The van der Waals surface area contributed by atoms with Crippen LogP contribution in [0, 0.1) is 0 Å². The van der Waals surface area contributed by atoms with Crippen LogP contribution in [0.3, 0.4) is 0 Å². The van der Waals surface area contributed by atoms with Crippen LogP contribution in [0.25, 0.3) is 0 Å². The van der Waals surface area contributed by atoms with E-state index in [9.17, 15) is 0 Å². The van der Waals surface area contributed by atoms with Crippen molar-refractivity contribution in [2.24, 2.45) is 0 Å². The Morgan fingerprint density at radius 3 is 2.44 bits per heavy atom. The van der Waals surface area contributed by atoms with Crippen molar-refractivity contribution in [3.05, 3.63) is 18.2 Å². The largest absolute Gasteiger partial charge is 0.373 e. The van der Waals surface area contributed by atoms with Gasteiger partial charge in [-0.15, -0.1) is 0 Å². The summed E-state index contributed by atoms with van der Waals surface area (Å²) in [6.45, 7) is 0. The molecule has 2 N–H and O–H groups in total. The van der Waals surface area contributed by atoms with Crippen molar-refractivity contribution in [3.63, 3.8) is 0 Å². The van der Waals surface area contributed by atoms with Crippen molar-refractivity contribution >= 4 is 11.6 Å². The number of aromatic nitrogens is 1. The van der Waals surface area contributed by atoms with Crippen molar-refractivity contribution < 1.29 is 0 Å². The summed E-state index contributed by atoms with van der Waals surface area (Å²) in [5.41, 5.74) is 0. The molecular weight excluding hydrogens is 198 g/mol. The van der Waals surface area contributed by atoms with E-state index < -0.39 is 0 Å². The highest BCUT2D eigenvalue weighted by molar-refractivity contribution is 5.45. The molecule has 2 rings (SSSR count). The second kappa shape index (κ2) is 5.73. The highest BCUT2D eigenvalue weighted by Crippen LogP contribution is 2.20. The molecule has 1 aliphatic carbocycles. The van der Waals surface area contributed by atoms with Gasteiger partial charge in [-0.1, -0.05) is 31.7 Å². The normalized spacial score (nSPS) is 17.8. The quantitative estimate of drug-likeness (QED) is 0.766. The predicted octanol–water partition coefficient (Wildman–Crippen LogP) is 3.26. The topological polar surface area (TPSA) is 37.0 Å². The van der Waals surface area contributed by atoms with Crippen molar-refractivity contribution in [3.8, 4) is 0 Å². The van der Waals surface area contributed by atoms with Gasteiger partial charge in [0.1, 0.15) is 11.6 Å². The average Bonchev–Trinajstić information content (AvgIpc) is 2.58. The summed E-state index contributed by atoms with van der Waals surface area (Å²) < 4.78 is 0. The zero-order valence-corrected chi connectivity index (χ0v) is 10.00. The summed E-state index contributed by atoms with van der Waals surface area (Å²) in [5, 5.41) is 6.61. The van der Waals surface area contributed by atoms with Crippen LogP contribution in [0.5, 0.6) is 0 Å². The van der Waals surface area contributed by atoms with E-state index >= 15 is 0 Å². The lowest BCUT2D eigenvalue weighted by Gasteiger charge is -2.17. The summed E-state index contributed by atoms with van der Waals surface area (Å²) in [6, 6.07) is 6.68. The molecule has 3 nitrogen and oxygen atoms in total. The molecule has 0 atom stereocenters. The third-order valence-electron chi connectivity index (χ3n) is 3.21. The molecule has 0 aromatic carbocycles. The first kappa shape index (κ1) is 11.2. The van der Waals surface area contributed by atoms with Gasteiger partial charge in [-0.3, -0.25) is 0 Å². The fourth-order valence-electron chi connectivity index (χ4n) is 2.29. The van der Waals surface area contributed by atoms with Gasteiger partial charge in [0.25, 0.3) is 0 Å². The van der Waals surface area contributed by atoms with E-state index in [0.717, 1.165) is 11.6 Å². The Morgan fingerprint density at radius 1 is 1.06 bits per heavy atom. The molecule has 1 aromatic rings. The number of hydrogen-bond donors (Lipinski definition) is 2. The van der Waals surface area contributed by atoms with E-state index in [0.29, 0.717) is 6.04 Å². The summed E-state index contributed by atoms with van der Waals surface area (Å²) in [4.78, 5) is 4.49. The maximum absolute atomic E-state index is 4.49. The van der Waals surface area contributed by atoms with Crippen LogP contribution >= 0.6 is 0 Å². The molecule has 3 heteroatoms. The molecule has 1 aromatic heterocycles. The first-order valence-electron chi connectivity index (χ1n) is 6.30. The molecule has 0 amide bonds. The van der Waals surface area contributed by atoms with Crippen LogP contribution in [0.1, 0.15) is 38.5 Å². The average molecular weight is 219 g/mol. The smallest absolute Gasteiger partial charge is 0.128 e. The highest BCUT2D eigenvalue weighted by atomic mass is 15.1. The molecular formula is C13H21N3. The molecule has 1 aliphatic rings. The summed E-state index contributed by atoms with van der Waals surface area (Å²) in [5.74, 6) is 1.93. The SMILES string of the molecule is CNc1cccc(NC2CCCCCC2)n1. The van der Waals surface area contributed by atoms with Crippen LogP contribution in [0.15, 0.2) is 18.2 Å². The fraction of sp³-hybridized carbons (Fsp3) is 0.615. The second-order valence-electron chi connectivity index (χ2n) is 4.49. The molecule has 0 unspecified atom stereocenters. The van der Waals surface area contributed by atoms with Gasteiger partial charge in [0, 0.05) is 13.1 Å². The molecule has 0 radical (unpaired) electrons. The summed E-state index contributed by atoms with van der Waals surface area (Å²) in [6.07, 6.45) is 8.05. The van der Waals surface area contributed by atoms with Gasteiger partial charge in [-0.05, 0) is 25.0 Å². The number of rotatable bonds is 3. The number of pyridine rings is 1. The minimum atomic E-state index is 0.613. The van der Waals surface area contributed by atoms with Crippen molar-refractivity contribution in [1.29, 1.82) is 0 Å².